The Kier molecular flexibility index (Phi) is 5.81. The molecule has 1 fully saturated rings. The lowest BCUT2D eigenvalue weighted by atomic mass is 10.1. The first-order valence-electron chi connectivity index (χ1n) is 8.72. The molecular formula is C18H22N2O5S2. The third kappa shape index (κ3) is 4.84. The van der Waals surface area contributed by atoms with Gasteiger partial charge >= 0.3 is 5.97 Å². The lowest BCUT2D eigenvalue weighted by Crippen LogP contribution is -2.33. The third-order valence-electron chi connectivity index (χ3n) is 4.78. The fourth-order valence-corrected chi connectivity index (χ4v) is 5.95. The van der Waals surface area contributed by atoms with Crippen molar-refractivity contribution >= 4 is 43.3 Å². The maximum atomic E-state index is 12.3. The number of amides is 1. The van der Waals surface area contributed by atoms with Crippen LogP contribution in [0, 0.1) is 5.92 Å². The molecule has 1 aromatic heterocycles. The molecule has 2 aromatic rings. The number of esters is 1. The molecule has 1 amide bonds. The van der Waals surface area contributed by atoms with Gasteiger partial charge in [-0.25, -0.2) is 13.4 Å². The van der Waals surface area contributed by atoms with Crippen molar-refractivity contribution in [3.05, 3.63) is 29.3 Å². The molecule has 0 unspecified atom stereocenters. The summed E-state index contributed by atoms with van der Waals surface area (Å²) in [7, 11) is -1.38. The van der Waals surface area contributed by atoms with E-state index in [9.17, 15) is 18.0 Å². The second-order valence-corrected chi connectivity index (χ2v) is 10.1. The number of likely N-dealkylation sites (N-methyl/N-ethyl adjacent to an activating group) is 1. The van der Waals surface area contributed by atoms with Gasteiger partial charge in [-0.2, -0.15) is 0 Å². The molecule has 0 bridgehead atoms. The van der Waals surface area contributed by atoms with Crippen LogP contribution in [-0.4, -0.2) is 55.3 Å². The number of sulfone groups is 1. The zero-order valence-electron chi connectivity index (χ0n) is 15.3. The van der Waals surface area contributed by atoms with Crippen molar-refractivity contribution in [1.29, 1.82) is 0 Å². The minimum Gasteiger partial charge on any atom is -0.456 e. The zero-order valence-corrected chi connectivity index (χ0v) is 16.9. The van der Waals surface area contributed by atoms with E-state index in [0.29, 0.717) is 6.42 Å². The van der Waals surface area contributed by atoms with Gasteiger partial charge in [0.1, 0.15) is 5.01 Å². The van der Waals surface area contributed by atoms with Crippen molar-refractivity contribution in [1.82, 2.24) is 9.88 Å². The summed E-state index contributed by atoms with van der Waals surface area (Å²) >= 11 is 1.53. The first-order valence-corrected chi connectivity index (χ1v) is 11.4. The molecule has 27 heavy (non-hydrogen) atoms. The summed E-state index contributed by atoms with van der Waals surface area (Å²) in [5.41, 5.74) is 0.892. The number of thiazole rings is 1. The Morgan fingerprint density at radius 1 is 1.37 bits per heavy atom. The van der Waals surface area contributed by atoms with Crippen LogP contribution in [0.5, 0.6) is 0 Å². The topological polar surface area (TPSA) is 93.6 Å². The highest BCUT2D eigenvalue weighted by atomic mass is 32.2. The summed E-state index contributed by atoms with van der Waals surface area (Å²) in [6.07, 6.45) is 0.504. The second kappa shape index (κ2) is 7.93. The predicted molar refractivity (Wildman–Crippen MR) is 103 cm³/mol. The van der Waals surface area contributed by atoms with Gasteiger partial charge in [-0.15, -0.1) is 11.3 Å². The number of hydrogen-bond acceptors (Lipinski definition) is 7. The first kappa shape index (κ1) is 19.8. The highest BCUT2D eigenvalue weighted by molar-refractivity contribution is 7.91. The van der Waals surface area contributed by atoms with Gasteiger partial charge < -0.3 is 9.64 Å². The zero-order chi connectivity index (χ0) is 19.6. The molecule has 0 N–H and O–H groups in total. The van der Waals surface area contributed by atoms with E-state index in [1.165, 1.54) is 16.2 Å². The molecule has 2 heterocycles. The number of benzene rings is 1. The predicted octanol–water partition coefficient (Wildman–Crippen LogP) is 2.18. The highest BCUT2D eigenvalue weighted by Crippen LogP contribution is 2.29. The van der Waals surface area contributed by atoms with Gasteiger partial charge in [0.05, 0.1) is 27.8 Å². The largest absolute Gasteiger partial charge is 0.456 e. The highest BCUT2D eigenvalue weighted by Gasteiger charge is 2.30. The van der Waals surface area contributed by atoms with Gasteiger partial charge in [0.25, 0.3) is 5.91 Å². The van der Waals surface area contributed by atoms with Crippen LogP contribution in [0.2, 0.25) is 0 Å². The van der Waals surface area contributed by atoms with Crippen molar-refractivity contribution in [3.8, 4) is 0 Å². The van der Waals surface area contributed by atoms with Crippen molar-refractivity contribution in [2.24, 2.45) is 5.92 Å². The molecule has 0 aliphatic carbocycles. The summed E-state index contributed by atoms with van der Waals surface area (Å²) < 4.78 is 29.0. The molecule has 2 atom stereocenters. The molecule has 1 aliphatic rings. The normalized spacial score (nSPS) is 19.7. The van der Waals surface area contributed by atoms with Gasteiger partial charge in [0, 0.05) is 13.5 Å². The molecule has 0 saturated carbocycles. The fraction of sp³-hybridized carbons (Fsp3) is 0.500. The van der Waals surface area contributed by atoms with E-state index >= 15 is 0 Å². The van der Waals surface area contributed by atoms with Crippen LogP contribution in [0.1, 0.15) is 30.8 Å². The van der Waals surface area contributed by atoms with E-state index < -0.39 is 15.8 Å². The van der Waals surface area contributed by atoms with E-state index in [4.69, 9.17) is 4.74 Å². The molecule has 1 saturated heterocycles. The Hall–Kier alpha value is -2.00. The number of hydrogen-bond donors (Lipinski definition) is 0. The number of rotatable bonds is 6. The fourth-order valence-electron chi connectivity index (χ4n) is 3.02. The van der Waals surface area contributed by atoms with Crippen LogP contribution >= 0.6 is 11.3 Å². The van der Waals surface area contributed by atoms with E-state index in [1.54, 1.807) is 7.05 Å². The third-order valence-corrected chi connectivity index (χ3v) is 7.82. The summed E-state index contributed by atoms with van der Waals surface area (Å²) in [5, 5.41) is 0.814. The number of para-hydroxylation sites is 1. The van der Waals surface area contributed by atoms with Gasteiger partial charge in [-0.3, -0.25) is 9.59 Å². The minimum absolute atomic E-state index is 0.0184. The Balaban J connectivity index is 1.51. The van der Waals surface area contributed by atoms with Crippen LogP contribution in [0.4, 0.5) is 0 Å². The van der Waals surface area contributed by atoms with Crippen LogP contribution in [-0.2, 0) is 24.2 Å². The number of fused-ring (bicyclic) bond motifs is 1. The number of aromatic nitrogens is 1. The SMILES string of the molecule is C[C@H](c1nc2ccccc2s1)N(C)C(=O)COC(=O)C[C@H]1CCS(=O)(=O)C1. The summed E-state index contributed by atoms with van der Waals surface area (Å²) in [5.74, 6) is -0.936. The molecule has 0 spiro atoms. The van der Waals surface area contributed by atoms with E-state index in [-0.39, 0.29) is 42.4 Å². The molecule has 3 rings (SSSR count). The van der Waals surface area contributed by atoms with E-state index in [0.717, 1.165) is 15.2 Å². The van der Waals surface area contributed by atoms with Crippen LogP contribution in [0.25, 0.3) is 10.2 Å². The maximum absolute atomic E-state index is 12.3. The van der Waals surface area contributed by atoms with Crippen molar-refractivity contribution < 1.29 is 22.7 Å². The molecule has 9 heteroatoms. The smallest absolute Gasteiger partial charge is 0.306 e. The molecule has 7 nitrogen and oxygen atoms in total. The number of ether oxygens (including phenoxy) is 1. The second-order valence-electron chi connectivity index (χ2n) is 6.83. The molecular weight excluding hydrogens is 388 g/mol. The number of carbonyl (C=O) groups excluding carboxylic acids is 2. The molecule has 146 valence electrons. The van der Waals surface area contributed by atoms with Gasteiger partial charge in [-0.1, -0.05) is 12.1 Å². The van der Waals surface area contributed by atoms with Crippen LogP contribution in [0.15, 0.2) is 24.3 Å². The van der Waals surface area contributed by atoms with Gasteiger partial charge in [0.2, 0.25) is 0 Å². The Morgan fingerprint density at radius 2 is 2.11 bits per heavy atom. The Morgan fingerprint density at radius 3 is 2.78 bits per heavy atom. The van der Waals surface area contributed by atoms with E-state index in [1.807, 2.05) is 31.2 Å². The maximum Gasteiger partial charge on any atom is 0.306 e. The van der Waals surface area contributed by atoms with Crippen molar-refractivity contribution in [2.75, 3.05) is 25.2 Å². The van der Waals surface area contributed by atoms with Crippen LogP contribution in [0.3, 0.4) is 0 Å². The summed E-state index contributed by atoms with van der Waals surface area (Å²) in [6, 6.07) is 7.53. The van der Waals surface area contributed by atoms with Gasteiger partial charge in [0.15, 0.2) is 16.4 Å². The lowest BCUT2D eigenvalue weighted by molar-refractivity contribution is -0.153. The molecule has 1 aromatic carbocycles. The molecule has 0 radical (unpaired) electrons. The van der Waals surface area contributed by atoms with Crippen LogP contribution < -0.4 is 0 Å². The summed E-state index contributed by atoms with van der Waals surface area (Å²) in [4.78, 5) is 30.3. The monoisotopic (exact) mass is 410 g/mol. The quantitative estimate of drug-likeness (QED) is 0.678. The standard InChI is InChI=1S/C18H22N2O5S2/c1-12(18-19-14-5-3-4-6-15(14)26-18)20(2)16(21)10-25-17(22)9-13-7-8-27(23,24)11-13/h3-6,12-13H,7-11H2,1-2H3/t12-,13-/m1/s1. The Bertz CT molecular complexity index is 921. The van der Waals surface area contributed by atoms with E-state index in [2.05, 4.69) is 4.98 Å². The Labute approximate surface area is 162 Å². The average molecular weight is 411 g/mol. The van der Waals surface area contributed by atoms with Crippen molar-refractivity contribution in [3.63, 3.8) is 0 Å². The summed E-state index contributed by atoms with van der Waals surface area (Å²) in [6.45, 7) is 1.52. The molecule has 1 aliphatic heterocycles. The van der Waals surface area contributed by atoms with Crippen molar-refractivity contribution in [2.45, 2.75) is 25.8 Å². The number of carbonyl (C=O) groups is 2. The number of nitrogens with zero attached hydrogens (tertiary/aromatic N) is 2. The van der Waals surface area contributed by atoms with Gasteiger partial charge in [-0.05, 0) is 31.4 Å². The first-order chi connectivity index (χ1) is 12.7. The average Bonchev–Trinajstić information content (AvgIpc) is 3.21. The minimum atomic E-state index is -3.03. The lowest BCUT2D eigenvalue weighted by Gasteiger charge is -2.23.